The first-order chi connectivity index (χ1) is 9.91. The van der Waals surface area contributed by atoms with Crippen LogP contribution >= 0.6 is 0 Å². The molecule has 4 nitrogen and oxygen atoms in total. The summed E-state index contributed by atoms with van der Waals surface area (Å²) in [6, 6.07) is 14.9. The highest BCUT2D eigenvalue weighted by molar-refractivity contribution is 7.92. The van der Waals surface area contributed by atoms with Gasteiger partial charge in [-0.1, -0.05) is 30.3 Å². The lowest BCUT2D eigenvalue weighted by Gasteiger charge is -2.23. The topological polar surface area (TPSA) is 46.6 Å². The largest absolute Gasteiger partial charge is 0.496 e. The first kappa shape index (κ1) is 15.4. The van der Waals surface area contributed by atoms with Crippen molar-refractivity contribution in [2.75, 3.05) is 17.7 Å². The Hall–Kier alpha value is -2.01. The van der Waals surface area contributed by atoms with Gasteiger partial charge in [0.1, 0.15) is 5.75 Å². The van der Waals surface area contributed by atoms with Crippen molar-refractivity contribution in [2.24, 2.45) is 0 Å². The highest BCUT2D eigenvalue weighted by atomic mass is 32.2. The van der Waals surface area contributed by atoms with Crippen LogP contribution in [0.25, 0.3) is 0 Å². The maximum Gasteiger partial charge on any atom is 0.232 e. The predicted octanol–water partition coefficient (Wildman–Crippen LogP) is 2.97. The molecular formula is C16H19NO3S. The van der Waals surface area contributed by atoms with Gasteiger partial charge >= 0.3 is 0 Å². The van der Waals surface area contributed by atoms with E-state index in [0.717, 1.165) is 11.1 Å². The summed E-state index contributed by atoms with van der Waals surface area (Å²) >= 11 is 0. The number of aryl methyl sites for hydroxylation is 1. The van der Waals surface area contributed by atoms with Gasteiger partial charge in [0, 0.05) is 5.56 Å². The second-order valence-corrected chi connectivity index (χ2v) is 6.83. The molecule has 0 saturated heterocycles. The molecule has 0 bridgehead atoms. The molecular weight excluding hydrogens is 286 g/mol. The highest BCUT2D eigenvalue weighted by Gasteiger charge is 2.19. The van der Waals surface area contributed by atoms with Crippen molar-refractivity contribution in [2.45, 2.75) is 13.5 Å². The molecule has 0 aliphatic heterocycles. The SMILES string of the molecule is COc1ccccc1CN(c1cccc(C)c1)S(C)(=O)=O. The summed E-state index contributed by atoms with van der Waals surface area (Å²) < 4.78 is 30.9. The number of anilines is 1. The van der Waals surface area contributed by atoms with Crippen LogP contribution in [0, 0.1) is 6.92 Å². The van der Waals surface area contributed by atoms with Gasteiger partial charge in [-0.3, -0.25) is 4.31 Å². The van der Waals surface area contributed by atoms with Gasteiger partial charge in [-0.05, 0) is 30.7 Å². The monoisotopic (exact) mass is 305 g/mol. The van der Waals surface area contributed by atoms with Crippen LogP contribution in [0.5, 0.6) is 5.75 Å². The van der Waals surface area contributed by atoms with Crippen molar-refractivity contribution >= 4 is 15.7 Å². The van der Waals surface area contributed by atoms with Gasteiger partial charge in [-0.25, -0.2) is 8.42 Å². The van der Waals surface area contributed by atoms with Crippen LogP contribution < -0.4 is 9.04 Å². The molecule has 2 aromatic carbocycles. The second-order valence-electron chi connectivity index (χ2n) is 4.92. The van der Waals surface area contributed by atoms with E-state index in [4.69, 9.17) is 4.74 Å². The van der Waals surface area contributed by atoms with E-state index < -0.39 is 10.0 Å². The minimum Gasteiger partial charge on any atom is -0.496 e. The number of nitrogens with zero attached hydrogens (tertiary/aromatic N) is 1. The molecule has 0 amide bonds. The predicted molar refractivity (Wildman–Crippen MR) is 85.2 cm³/mol. The lowest BCUT2D eigenvalue weighted by molar-refractivity contribution is 0.410. The van der Waals surface area contributed by atoms with E-state index in [9.17, 15) is 8.42 Å². The maximum absolute atomic E-state index is 12.1. The van der Waals surface area contributed by atoms with Gasteiger partial charge < -0.3 is 4.74 Å². The van der Waals surface area contributed by atoms with Crippen molar-refractivity contribution in [3.8, 4) is 5.75 Å². The van der Waals surface area contributed by atoms with Crippen LogP contribution in [-0.4, -0.2) is 21.8 Å². The minimum atomic E-state index is -3.38. The fourth-order valence-electron chi connectivity index (χ4n) is 2.17. The van der Waals surface area contributed by atoms with E-state index in [1.165, 1.54) is 10.6 Å². The van der Waals surface area contributed by atoms with Crippen LogP contribution in [0.15, 0.2) is 48.5 Å². The van der Waals surface area contributed by atoms with Crippen LogP contribution in [0.4, 0.5) is 5.69 Å². The van der Waals surface area contributed by atoms with E-state index in [1.807, 2.05) is 49.4 Å². The number of methoxy groups -OCH3 is 1. The van der Waals surface area contributed by atoms with Gasteiger partial charge in [0.05, 0.1) is 25.6 Å². The highest BCUT2D eigenvalue weighted by Crippen LogP contribution is 2.25. The number of rotatable bonds is 5. The van der Waals surface area contributed by atoms with Crippen molar-refractivity contribution < 1.29 is 13.2 Å². The summed E-state index contributed by atoms with van der Waals surface area (Å²) in [7, 11) is -1.80. The van der Waals surface area contributed by atoms with Gasteiger partial charge in [0.15, 0.2) is 0 Å². The van der Waals surface area contributed by atoms with Crippen molar-refractivity contribution in [3.05, 3.63) is 59.7 Å². The Bertz CT molecular complexity index is 726. The molecule has 0 saturated carbocycles. The number of sulfonamides is 1. The zero-order valence-corrected chi connectivity index (χ0v) is 13.2. The molecule has 0 unspecified atom stereocenters. The lowest BCUT2D eigenvalue weighted by atomic mass is 10.2. The van der Waals surface area contributed by atoms with Gasteiger partial charge in [0.25, 0.3) is 0 Å². The molecule has 2 rings (SSSR count). The Balaban J connectivity index is 2.43. The molecule has 0 spiro atoms. The van der Waals surface area contributed by atoms with Crippen LogP contribution in [0.2, 0.25) is 0 Å². The first-order valence-corrected chi connectivity index (χ1v) is 8.43. The number of ether oxygens (including phenoxy) is 1. The summed E-state index contributed by atoms with van der Waals surface area (Å²) in [5.41, 5.74) is 2.50. The van der Waals surface area contributed by atoms with E-state index in [1.54, 1.807) is 13.2 Å². The van der Waals surface area contributed by atoms with Gasteiger partial charge in [0.2, 0.25) is 10.0 Å². The standard InChI is InChI=1S/C16H19NO3S/c1-13-7-6-9-15(11-13)17(21(3,18)19)12-14-8-4-5-10-16(14)20-2/h4-11H,12H2,1-3H3. The fourth-order valence-corrected chi connectivity index (χ4v) is 3.04. The summed E-state index contributed by atoms with van der Waals surface area (Å²) in [6.45, 7) is 2.18. The molecule has 0 fully saturated rings. The van der Waals surface area contributed by atoms with E-state index in [-0.39, 0.29) is 6.54 Å². The van der Waals surface area contributed by atoms with E-state index >= 15 is 0 Å². The smallest absolute Gasteiger partial charge is 0.232 e. The number of benzene rings is 2. The molecule has 21 heavy (non-hydrogen) atoms. The molecule has 0 aliphatic rings. The Kier molecular flexibility index (Phi) is 4.53. The van der Waals surface area contributed by atoms with Crippen molar-refractivity contribution in [1.82, 2.24) is 0 Å². The Labute approximate surface area is 126 Å². The fraction of sp³-hybridized carbons (Fsp3) is 0.250. The zero-order chi connectivity index (χ0) is 15.5. The molecule has 5 heteroatoms. The summed E-state index contributed by atoms with van der Waals surface area (Å²) in [6.07, 6.45) is 1.21. The molecule has 0 N–H and O–H groups in total. The zero-order valence-electron chi connectivity index (χ0n) is 12.4. The van der Waals surface area contributed by atoms with Gasteiger partial charge in [-0.15, -0.1) is 0 Å². The number of hydrogen-bond acceptors (Lipinski definition) is 3. The van der Waals surface area contributed by atoms with E-state index in [2.05, 4.69) is 0 Å². The molecule has 0 aliphatic carbocycles. The Morgan fingerprint density at radius 2 is 1.81 bits per heavy atom. The van der Waals surface area contributed by atoms with Crippen LogP contribution in [-0.2, 0) is 16.6 Å². The molecule has 2 aromatic rings. The second kappa shape index (κ2) is 6.18. The minimum absolute atomic E-state index is 0.242. The normalized spacial score (nSPS) is 11.2. The van der Waals surface area contributed by atoms with Crippen molar-refractivity contribution in [3.63, 3.8) is 0 Å². The third kappa shape index (κ3) is 3.76. The third-order valence-electron chi connectivity index (χ3n) is 3.20. The first-order valence-electron chi connectivity index (χ1n) is 6.58. The number of hydrogen-bond donors (Lipinski definition) is 0. The molecule has 112 valence electrons. The third-order valence-corrected chi connectivity index (χ3v) is 4.34. The number of para-hydroxylation sites is 1. The maximum atomic E-state index is 12.1. The Morgan fingerprint density at radius 3 is 2.43 bits per heavy atom. The average Bonchev–Trinajstić information content (AvgIpc) is 2.44. The molecule has 0 aromatic heterocycles. The lowest BCUT2D eigenvalue weighted by Crippen LogP contribution is -2.29. The molecule has 0 atom stereocenters. The summed E-state index contributed by atoms with van der Waals surface area (Å²) in [5.74, 6) is 0.679. The molecule has 0 radical (unpaired) electrons. The van der Waals surface area contributed by atoms with E-state index in [0.29, 0.717) is 11.4 Å². The Morgan fingerprint density at radius 1 is 1.10 bits per heavy atom. The van der Waals surface area contributed by atoms with Crippen LogP contribution in [0.3, 0.4) is 0 Å². The molecule has 0 heterocycles. The average molecular weight is 305 g/mol. The van der Waals surface area contributed by atoms with Crippen molar-refractivity contribution in [1.29, 1.82) is 0 Å². The van der Waals surface area contributed by atoms with Crippen LogP contribution in [0.1, 0.15) is 11.1 Å². The summed E-state index contributed by atoms with van der Waals surface area (Å²) in [4.78, 5) is 0. The van der Waals surface area contributed by atoms with Gasteiger partial charge in [-0.2, -0.15) is 0 Å². The quantitative estimate of drug-likeness (QED) is 0.853. The summed E-state index contributed by atoms with van der Waals surface area (Å²) in [5, 5.41) is 0.